The molecule has 1 aromatic carbocycles. The molecule has 0 spiro atoms. The first-order chi connectivity index (χ1) is 8.69. The van der Waals surface area contributed by atoms with Gasteiger partial charge in [-0.15, -0.1) is 0 Å². The zero-order valence-electron chi connectivity index (χ0n) is 10.6. The summed E-state index contributed by atoms with van der Waals surface area (Å²) < 4.78 is 0. The second-order valence-electron chi connectivity index (χ2n) is 4.38. The molecule has 1 aromatic heterocycles. The summed E-state index contributed by atoms with van der Waals surface area (Å²) in [6, 6.07) is 14.2. The van der Waals surface area contributed by atoms with Gasteiger partial charge < -0.3 is 0 Å². The van der Waals surface area contributed by atoms with Crippen LogP contribution in [0, 0.1) is 25.2 Å². The summed E-state index contributed by atoms with van der Waals surface area (Å²) in [6.45, 7) is 3.85. The highest BCUT2D eigenvalue weighted by Crippen LogP contribution is 2.17. The van der Waals surface area contributed by atoms with Crippen molar-refractivity contribution in [1.29, 1.82) is 5.26 Å². The molecule has 90 valence electrons. The van der Waals surface area contributed by atoms with Gasteiger partial charge in [0.25, 0.3) is 0 Å². The Bertz CT molecular complexity index is 550. The van der Waals surface area contributed by atoms with E-state index >= 15 is 0 Å². The Balaban J connectivity index is 2.26. The average Bonchev–Trinajstić information content (AvgIpc) is 2.36. The van der Waals surface area contributed by atoms with Crippen LogP contribution in [0.4, 0.5) is 0 Å². The quantitative estimate of drug-likeness (QED) is 0.824. The van der Waals surface area contributed by atoms with Crippen LogP contribution in [0.3, 0.4) is 0 Å². The molecule has 0 saturated carbocycles. The van der Waals surface area contributed by atoms with E-state index in [1.54, 1.807) is 0 Å². The van der Waals surface area contributed by atoms with E-state index in [1.807, 2.05) is 50.2 Å². The van der Waals surface area contributed by atoms with Crippen LogP contribution in [0.5, 0.6) is 0 Å². The number of hydrogen-bond acceptors (Lipinski definition) is 3. The summed E-state index contributed by atoms with van der Waals surface area (Å²) >= 11 is 0. The number of aryl methyl sites for hydroxylation is 2. The number of benzene rings is 1. The lowest BCUT2D eigenvalue weighted by Crippen LogP contribution is -2.07. The second-order valence-corrected chi connectivity index (χ2v) is 4.38. The van der Waals surface area contributed by atoms with Crippen molar-refractivity contribution < 1.29 is 0 Å². The number of nitriles is 1. The predicted molar refractivity (Wildman–Crippen MR) is 70.0 cm³/mol. The second kappa shape index (κ2) is 5.42. The van der Waals surface area contributed by atoms with Crippen LogP contribution >= 0.6 is 0 Å². The Kier molecular flexibility index (Phi) is 3.69. The third-order valence-electron chi connectivity index (χ3n) is 2.75. The lowest BCUT2D eigenvalue weighted by atomic mass is 10.00. The summed E-state index contributed by atoms with van der Waals surface area (Å²) in [5.41, 5.74) is 2.95. The van der Waals surface area contributed by atoms with Gasteiger partial charge in [0.2, 0.25) is 0 Å². The van der Waals surface area contributed by atoms with Gasteiger partial charge in [-0.1, -0.05) is 30.3 Å². The first-order valence-corrected chi connectivity index (χ1v) is 5.95. The Hall–Kier alpha value is -2.21. The molecule has 0 aliphatic carbocycles. The van der Waals surface area contributed by atoms with Crippen LogP contribution in [-0.2, 0) is 6.42 Å². The molecule has 0 amide bonds. The standard InChI is InChI=1S/C15H15N3/c1-11-8-12(2)18-15(17-11)14(10-16)9-13-6-4-3-5-7-13/h3-8,14H,9H2,1-2H3. The van der Waals surface area contributed by atoms with E-state index in [-0.39, 0.29) is 5.92 Å². The summed E-state index contributed by atoms with van der Waals surface area (Å²) in [4.78, 5) is 8.74. The Morgan fingerprint density at radius 3 is 2.28 bits per heavy atom. The van der Waals surface area contributed by atoms with Gasteiger partial charge in [-0.25, -0.2) is 9.97 Å². The van der Waals surface area contributed by atoms with E-state index in [4.69, 9.17) is 0 Å². The van der Waals surface area contributed by atoms with Crippen molar-refractivity contribution in [2.24, 2.45) is 0 Å². The minimum atomic E-state index is -0.286. The van der Waals surface area contributed by atoms with Crippen molar-refractivity contribution in [3.63, 3.8) is 0 Å². The largest absolute Gasteiger partial charge is 0.237 e. The van der Waals surface area contributed by atoms with Crippen LogP contribution in [-0.4, -0.2) is 9.97 Å². The highest BCUT2D eigenvalue weighted by molar-refractivity contribution is 5.22. The number of aromatic nitrogens is 2. The maximum absolute atomic E-state index is 9.29. The van der Waals surface area contributed by atoms with Crippen molar-refractivity contribution in [2.75, 3.05) is 0 Å². The van der Waals surface area contributed by atoms with Gasteiger partial charge in [0.05, 0.1) is 6.07 Å². The molecule has 0 bridgehead atoms. The van der Waals surface area contributed by atoms with Crippen molar-refractivity contribution >= 4 is 0 Å². The molecule has 2 aromatic rings. The summed E-state index contributed by atoms with van der Waals surface area (Å²) in [6.07, 6.45) is 0.653. The van der Waals surface area contributed by atoms with Crippen LogP contribution in [0.15, 0.2) is 36.4 Å². The molecule has 0 fully saturated rings. The van der Waals surface area contributed by atoms with Gasteiger partial charge >= 0.3 is 0 Å². The molecular formula is C15H15N3. The molecular weight excluding hydrogens is 222 g/mol. The number of rotatable bonds is 3. The van der Waals surface area contributed by atoms with Crippen LogP contribution < -0.4 is 0 Å². The van der Waals surface area contributed by atoms with Gasteiger partial charge in [0, 0.05) is 11.4 Å². The summed E-state index contributed by atoms with van der Waals surface area (Å²) in [7, 11) is 0. The van der Waals surface area contributed by atoms with E-state index in [0.717, 1.165) is 17.0 Å². The SMILES string of the molecule is Cc1cc(C)nc(C(C#N)Cc2ccccc2)n1. The van der Waals surface area contributed by atoms with Gasteiger partial charge in [0.15, 0.2) is 0 Å². The van der Waals surface area contributed by atoms with Crippen molar-refractivity contribution in [1.82, 2.24) is 9.97 Å². The van der Waals surface area contributed by atoms with Gasteiger partial charge in [-0.05, 0) is 31.9 Å². The molecule has 0 aliphatic rings. The van der Waals surface area contributed by atoms with E-state index in [9.17, 15) is 5.26 Å². The molecule has 1 heterocycles. The van der Waals surface area contributed by atoms with Gasteiger partial charge in [-0.3, -0.25) is 0 Å². The fraction of sp³-hybridized carbons (Fsp3) is 0.267. The first-order valence-electron chi connectivity index (χ1n) is 5.95. The molecule has 3 heteroatoms. The molecule has 0 radical (unpaired) electrons. The zero-order chi connectivity index (χ0) is 13.0. The van der Waals surface area contributed by atoms with Crippen LogP contribution in [0.1, 0.15) is 28.7 Å². The normalized spacial score (nSPS) is 11.8. The molecule has 2 rings (SSSR count). The van der Waals surface area contributed by atoms with Gasteiger partial charge in [-0.2, -0.15) is 5.26 Å². The first kappa shape index (κ1) is 12.3. The molecule has 0 N–H and O–H groups in total. The highest BCUT2D eigenvalue weighted by Gasteiger charge is 2.15. The maximum Gasteiger partial charge on any atom is 0.146 e. The molecule has 1 unspecified atom stereocenters. The van der Waals surface area contributed by atoms with E-state index in [2.05, 4.69) is 16.0 Å². The van der Waals surface area contributed by atoms with Crippen molar-refractivity contribution in [2.45, 2.75) is 26.2 Å². The van der Waals surface area contributed by atoms with Gasteiger partial charge in [0.1, 0.15) is 11.7 Å². The van der Waals surface area contributed by atoms with E-state index in [1.165, 1.54) is 0 Å². The maximum atomic E-state index is 9.29. The fourth-order valence-electron chi connectivity index (χ4n) is 1.95. The monoisotopic (exact) mass is 237 g/mol. The topological polar surface area (TPSA) is 49.6 Å². The number of nitrogens with zero attached hydrogens (tertiary/aromatic N) is 3. The average molecular weight is 237 g/mol. The lowest BCUT2D eigenvalue weighted by molar-refractivity contribution is 0.758. The molecule has 0 aliphatic heterocycles. The smallest absolute Gasteiger partial charge is 0.146 e. The highest BCUT2D eigenvalue weighted by atomic mass is 14.9. The third kappa shape index (κ3) is 2.92. The number of hydrogen-bond donors (Lipinski definition) is 0. The minimum absolute atomic E-state index is 0.286. The Morgan fingerprint density at radius 1 is 1.11 bits per heavy atom. The van der Waals surface area contributed by atoms with Crippen LogP contribution in [0.25, 0.3) is 0 Å². The fourth-order valence-corrected chi connectivity index (χ4v) is 1.95. The third-order valence-corrected chi connectivity index (χ3v) is 2.75. The van der Waals surface area contributed by atoms with Crippen LogP contribution in [0.2, 0.25) is 0 Å². The summed E-state index contributed by atoms with van der Waals surface area (Å²) in [5, 5.41) is 9.29. The van der Waals surface area contributed by atoms with Crippen molar-refractivity contribution in [3.8, 4) is 6.07 Å². The molecule has 3 nitrogen and oxygen atoms in total. The molecule has 1 atom stereocenters. The summed E-state index contributed by atoms with van der Waals surface area (Å²) in [5.74, 6) is 0.338. The van der Waals surface area contributed by atoms with E-state index < -0.39 is 0 Å². The lowest BCUT2D eigenvalue weighted by Gasteiger charge is -2.09. The Morgan fingerprint density at radius 2 is 1.72 bits per heavy atom. The Labute approximate surface area is 107 Å². The van der Waals surface area contributed by atoms with Crippen molar-refractivity contribution in [3.05, 3.63) is 59.2 Å². The minimum Gasteiger partial charge on any atom is -0.237 e. The molecule has 18 heavy (non-hydrogen) atoms. The zero-order valence-corrected chi connectivity index (χ0v) is 10.6. The van der Waals surface area contributed by atoms with E-state index in [0.29, 0.717) is 12.2 Å². The molecule has 0 saturated heterocycles. The predicted octanol–water partition coefficient (Wildman–Crippen LogP) is 2.94.